The van der Waals surface area contributed by atoms with Gasteiger partial charge in [0.2, 0.25) is 0 Å². The summed E-state index contributed by atoms with van der Waals surface area (Å²) in [6.07, 6.45) is 17.1. The minimum atomic E-state index is -0.343. The standard InChI is InChI=1S/C30H40N6O2/c1-34-20-28(32-33-34)25-17-26(25)29-27(30(37)38-2)18-31-36(29)24-12-6-11-23(16-24)35-15-7-10-22(19-35)14-13-21-8-4-3-5-9-21/h6,11-12,16,18,20-22,25-26H,3-5,7-10,13-15,17,19H2,1-2H3/t22?,25-,26-/m1/s1. The van der Waals surface area contributed by atoms with Gasteiger partial charge in [-0.3, -0.25) is 4.68 Å². The van der Waals surface area contributed by atoms with Crippen molar-refractivity contribution in [1.29, 1.82) is 0 Å². The maximum atomic E-state index is 12.7. The molecule has 0 amide bonds. The summed E-state index contributed by atoms with van der Waals surface area (Å²) in [7, 11) is 3.31. The molecular formula is C30H40N6O2. The topological polar surface area (TPSA) is 78.1 Å². The number of nitrogens with zero attached hydrogens (tertiary/aromatic N) is 6. The summed E-state index contributed by atoms with van der Waals surface area (Å²) >= 11 is 0. The molecule has 2 aromatic heterocycles. The van der Waals surface area contributed by atoms with E-state index in [9.17, 15) is 4.79 Å². The van der Waals surface area contributed by atoms with Gasteiger partial charge in [-0.2, -0.15) is 5.10 Å². The first-order valence-electron chi connectivity index (χ1n) is 14.5. The fraction of sp³-hybridized carbons (Fsp3) is 0.600. The summed E-state index contributed by atoms with van der Waals surface area (Å²) in [5.74, 6) is 1.78. The van der Waals surface area contributed by atoms with E-state index in [4.69, 9.17) is 4.74 Å². The van der Waals surface area contributed by atoms with Crippen LogP contribution >= 0.6 is 0 Å². The molecule has 3 aliphatic rings. The summed E-state index contributed by atoms with van der Waals surface area (Å²) in [6, 6.07) is 8.66. The van der Waals surface area contributed by atoms with Gasteiger partial charge in [-0.05, 0) is 55.7 Å². The highest BCUT2D eigenvalue weighted by Gasteiger charge is 2.46. The van der Waals surface area contributed by atoms with E-state index in [1.54, 1.807) is 10.9 Å². The number of hydrogen-bond acceptors (Lipinski definition) is 6. The third-order valence-corrected chi connectivity index (χ3v) is 9.02. The highest BCUT2D eigenvalue weighted by atomic mass is 16.5. The molecule has 0 bridgehead atoms. The van der Waals surface area contributed by atoms with Gasteiger partial charge in [0.05, 0.1) is 30.4 Å². The SMILES string of the molecule is COC(=O)c1cnn(-c2cccc(N3CCCC(CCC4CCCCC4)C3)c2)c1[C@@H]1C[C@H]1c1cn(C)nn1. The van der Waals surface area contributed by atoms with Crippen LogP contribution in [0.2, 0.25) is 0 Å². The molecule has 38 heavy (non-hydrogen) atoms. The van der Waals surface area contributed by atoms with E-state index < -0.39 is 0 Å². The van der Waals surface area contributed by atoms with E-state index in [1.165, 1.54) is 70.6 Å². The largest absolute Gasteiger partial charge is 0.465 e. The molecule has 2 saturated carbocycles. The zero-order valence-corrected chi connectivity index (χ0v) is 22.8. The number of aromatic nitrogens is 5. The highest BCUT2D eigenvalue weighted by Crippen LogP contribution is 2.55. The monoisotopic (exact) mass is 516 g/mol. The minimum absolute atomic E-state index is 0.158. The normalized spacial score (nSPS) is 23.9. The Balaban J connectivity index is 1.21. The van der Waals surface area contributed by atoms with Crippen LogP contribution in [0.15, 0.2) is 36.7 Å². The van der Waals surface area contributed by atoms with Crippen LogP contribution in [-0.4, -0.2) is 50.9 Å². The van der Waals surface area contributed by atoms with E-state index >= 15 is 0 Å². The molecule has 1 saturated heterocycles. The van der Waals surface area contributed by atoms with Gasteiger partial charge in [-0.1, -0.05) is 49.8 Å². The number of ether oxygens (including phenoxy) is 1. The second-order valence-corrected chi connectivity index (χ2v) is 11.7. The number of hydrogen-bond donors (Lipinski definition) is 0. The molecule has 2 aliphatic carbocycles. The van der Waals surface area contributed by atoms with Crippen LogP contribution in [0.5, 0.6) is 0 Å². The number of benzene rings is 1. The summed E-state index contributed by atoms with van der Waals surface area (Å²) in [5.41, 5.74) is 4.64. The van der Waals surface area contributed by atoms with Crippen LogP contribution in [0.1, 0.15) is 97.8 Å². The molecule has 202 valence electrons. The molecule has 3 atom stereocenters. The molecule has 0 radical (unpaired) electrons. The predicted molar refractivity (Wildman–Crippen MR) is 147 cm³/mol. The Kier molecular flexibility index (Phi) is 7.22. The molecular weight excluding hydrogens is 476 g/mol. The Morgan fingerprint density at radius 3 is 2.61 bits per heavy atom. The molecule has 3 heterocycles. The number of rotatable bonds is 8. The molecule has 1 aromatic carbocycles. The Bertz CT molecular complexity index is 1260. The van der Waals surface area contributed by atoms with Gasteiger partial charge in [0.1, 0.15) is 5.56 Å². The molecule has 8 nitrogen and oxygen atoms in total. The fourth-order valence-electron chi connectivity index (χ4n) is 6.85. The van der Waals surface area contributed by atoms with E-state index in [0.29, 0.717) is 5.56 Å². The first kappa shape index (κ1) is 25.1. The van der Waals surface area contributed by atoms with Crippen molar-refractivity contribution < 1.29 is 9.53 Å². The zero-order chi connectivity index (χ0) is 26.1. The fourth-order valence-corrected chi connectivity index (χ4v) is 6.85. The van der Waals surface area contributed by atoms with Gasteiger partial charge in [0, 0.05) is 43.9 Å². The third-order valence-electron chi connectivity index (χ3n) is 9.02. The first-order chi connectivity index (χ1) is 18.6. The van der Waals surface area contributed by atoms with Crippen LogP contribution in [0.25, 0.3) is 5.69 Å². The predicted octanol–water partition coefficient (Wildman–Crippen LogP) is 5.64. The van der Waals surface area contributed by atoms with E-state index in [-0.39, 0.29) is 17.8 Å². The van der Waals surface area contributed by atoms with Crippen molar-refractivity contribution in [2.24, 2.45) is 18.9 Å². The maximum Gasteiger partial charge on any atom is 0.341 e. The summed E-state index contributed by atoms with van der Waals surface area (Å²) in [5, 5.41) is 13.1. The molecule has 1 aliphatic heterocycles. The number of carbonyl (C=O) groups excluding carboxylic acids is 1. The lowest BCUT2D eigenvalue weighted by molar-refractivity contribution is 0.0599. The molecule has 0 N–H and O–H groups in total. The molecule has 0 spiro atoms. The van der Waals surface area contributed by atoms with Crippen molar-refractivity contribution in [2.45, 2.75) is 76.0 Å². The number of anilines is 1. The van der Waals surface area contributed by atoms with E-state index in [0.717, 1.165) is 48.4 Å². The Morgan fingerprint density at radius 2 is 1.82 bits per heavy atom. The Labute approximate surface area is 225 Å². The van der Waals surface area contributed by atoms with Gasteiger partial charge in [0.15, 0.2) is 0 Å². The van der Waals surface area contributed by atoms with Crippen molar-refractivity contribution in [3.8, 4) is 5.69 Å². The second-order valence-electron chi connectivity index (χ2n) is 11.7. The van der Waals surface area contributed by atoms with Gasteiger partial charge in [-0.15, -0.1) is 5.10 Å². The van der Waals surface area contributed by atoms with Gasteiger partial charge in [-0.25, -0.2) is 9.48 Å². The highest BCUT2D eigenvalue weighted by molar-refractivity contribution is 5.91. The first-order valence-corrected chi connectivity index (χ1v) is 14.5. The average Bonchev–Trinajstić information content (AvgIpc) is 3.41. The van der Waals surface area contributed by atoms with Crippen molar-refractivity contribution >= 4 is 11.7 Å². The molecule has 3 fully saturated rings. The maximum absolute atomic E-state index is 12.7. The lowest BCUT2D eigenvalue weighted by atomic mass is 9.82. The van der Waals surface area contributed by atoms with Crippen molar-refractivity contribution in [1.82, 2.24) is 24.8 Å². The second kappa shape index (κ2) is 10.9. The minimum Gasteiger partial charge on any atom is -0.465 e. The number of piperidine rings is 1. The van der Waals surface area contributed by atoms with E-state index in [1.807, 2.05) is 17.9 Å². The third kappa shape index (κ3) is 5.22. The van der Waals surface area contributed by atoms with Crippen LogP contribution in [0.4, 0.5) is 5.69 Å². The average molecular weight is 517 g/mol. The van der Waals surface area contributed by atoms with Crippen LogP contribution in [0, 0.1) is 11.8 Å². The lowest BCUT2D eigenvalue weighted by Crippen LogP contribution is -2.35. The molecule has 1 unspecified atom stereocenters. The van der Waals surface area contributed by atoms with Crippen LogP contribution in [0.3, 0.4) is 0 Å². The van der Waals surface area contributed by atoms with Crippen LogP contribution < -0.4 is 4.90 Å². The van der Waals surface area contributed by atoms with Crippen molar-refractivity contribution in [2.75, 3.05) is 25.1 Å². The molecule has 8 heteroatoms. The Morgan fingerprint density at radius 1 is 1.03 bits per heavy atom. The lowest BCUT2D eigenvalue weighted by Gasteiger charge is -2.35. The summed E-state index contributed by atoms with van der Waals surface area (Å²) in [6.45, 7) is 2.23. The van der Waals surface area contributed by atoms with Gasteiger partial charge >= 0.3 is 5.97 Å². The summed E-state index contributed by atoms with van der Waals surface area (Å²) in [4.78, 5) is 15.2. The summed E-state index contributed by atoms with van der Waals surface area (Å²) < 4.78 is 8.79. The Hall–Kier alpha value is -3.16. The number of esters is 1. The number of aryl methyl sites for hydroxylation is 1. The molecule has 3 aromatic rings. The van der Waals surface area contributed by atoms with Gasteiger partial charge < -0.3 is 9.64 Å². The zero-order valence-electron chi connectivity index (χ0n) is 22.8. The van der Waals surface area contributed by atoms with Gasteiger partial charge in [0.25, 0.3) is 0 Å². The number of carbonyl (C=O) groups is 1. The molecule has 6 rings (SSSR count). The van der Waals surface area contributed by atoms with Crippen molar-refractivity contribution in [3.05, 3.63) is 53.6 Å². The van der Waals surface area contributed by atoms with Crippen molar-refractivity contribution in [3.63, 3.8) is 0 Å². The quantitative estimate of drug-likeness (QED) is 0.361. The van der Waals surface area contributed by atoms with E-state index in [2.05, 4.69) is 44.6 Å². The smallest absolute Gasteiger partial charge is 0.341 e. The van der Waals surface area contributed by atoms with Crippen LogP contribution in [-0.2, 0) is 11.8 Å². The number of methoxy groups -OCH3 is 1.